The van der Waals surface area contributed by atoms with Crippen LogP contribution < -0.4 is 0 Å². The summed E-state index contributed by atoms with van der Waals surface area (Å²) in [4.78, 5) is 15.6. The summed E-state index contributed by atoms with van der Waals surface area (Å²) in [6.45, 7) is 5.11. The van der Waals surface area contributed by atoms with E-state index in [0.717, 1.165) is 54.0 Å². The molecule has 2 bridgehead atoms. The van der Waals surface area contributed by atoms with Gasteiger partial charge in [-0.15, -0.1) is 11.8 Å². The van der Waals surface area contributed by atoms with E-state index in [1.165, 1.54) is 63.0 Å². The lowest BCUT2D eigenvalue weighted by Crippen LogP contribution is -2.39. The lowest BCUT2D eigenvalue weighted by atomic mass is 9.86. The van der Waals surface area contributed by atoms with Crippen molar-refractivity contribution in [1.29, 1.82) is 0 Å². The van der Waals surface area contributed by atoms with Crippen molar-refractivity contribution in [2.75, 3.05) is 19.6 Å². The molecule has 8 rings (SSSR count). The second kappa shape index (κ2) is 11.6. The third-order valence-corrected chi connectivity index (χ3v) is 11.2. The minimum Gasteiger partial charge on any atom is -0.332 e. The minimum atomic E-state index is -0.922. The van der Waals surface area contributed by atoms with Gasteiger partial charge in [-0.3, -0.25) is 9.98 Å². The van der Waals surface area contributed by atoms with Crippen LogP contribution in [-0.2, 0) is 0 Å². The molecule has 4 fully saturated rings. The third-order valence-electron chi connectivity index (χ3n) is 9.76. The van der Waals surface area contributed by atoms with Crippen molar-refractivity contribution in [3.8, 4) is 0 Å². The van der Waals surface area contributed by atoms with Crippen molar-refractivity contribution < 1.29 is 8.78 Å². The molecule has 7 aliphatic rings. The van der Waals surface area contributed by atoms with Gasteiger partial charge in [-0.25, -0.2) is 8.78 Å². The number of alkyl halides is 1. The van der Waals surface area contributed by atoms with Gasteiger partial charge in [-0.1, -0.05) is 36.2 Å². The van der Waals surface area contributed by atoms with Crippen LogP contribution in [0.2, 0.25) is 5.02 Å². The number of aliphatic imine (C=N–C) groups is 2. The maximum atomic E-state index is 14.1. The van der Waals surface area contributed by atoms with Crippen molar-refractivity contribution in [1.82, 2.24) is 9.80 Å². The summed E-state index contributed by atoms with van der Waals surface area (Å²) in [7, 11) is 0. The molecule has 0 radical (unpaired) electrons. The molecule has 0 aromatic heterocycles. The Morgan fingerprint density at radius 3 is 2.78 bits per heavy atom. The molecule has 3 saturated heterocycles. The zero-order valence-electron chi connectivity index (χ0n) is 23.7. The molecule has 41 heavy (non-hydrogen) atoms. The first-order valence-corrected chi connectivity index (χ1v) is 16.7. The summed E-state index contributed by atoms with van der Waals surface area (Å²) < 4.78 is 28.0. The van der Waals surface area contributed by atoms with Gasteiger partial charge in [0.05, 0.1) is 23.2 Å². The number of nitrogens with zero attached hydrogens (tertiary/aromatic N) is 4. The Labute approximate surface area is 251 Å². The predicted octanol–water partition coefficient (Wildman–Crippen LogP) is 7.92. The second-order valence-electron chi connectivity index (χ2n) is 12.8. The topological polar surface area (TPSA) is 31.2 Å². The Morgan fingerprint density at radius 1 is 1.17 bits per heavy atom. The van der Waals surface area contributed by atoms with E-state index in [1.807, 2.05) is 23.9 Å². The lowest BCUT2D eigenvalue weighted by molar-refractivity contribution is 0.240. The first-order valence-electron chi connectivity index (χ1n) is 15.4. The number of rotatable bonds is 10. The Bertz CT molecular complexity index is 1320. The van der Waals surface area contributed by atoms with E-state index in [0.29, 0.717) is 17.4 Å². The molecule has 5 atom stereocenters. The number of thioether (sulfide) groups is 1. The fourth-order valence-electron chi connectivity index (χ4n) is 7.71. The van der Waals surface area contributed by atoms with E-state index in [9.17, 15) is 8.78 Å². The highest BCUT2D eigenvalue weighted by Gasteiger charge is 2.43. The van der Waals surface area contributed by atoms with Crippen LogP contribution in [0.3, 0.4) is 0 Å². The number of halogens is 3. The van der Waals surface area contributed by atoms with Crippen LogP contribution in [0.25, 0.3) is 0 Å². The molecule has 1 aromatic rings. The molecular weight excluding hydrogens is 558 g/mol. The molecule has 8 heteroatoms. The molecule has 6 heterocycles. The van der Waals surface area contributed by atoms with Crippen molar-refractivity contribution in [3.63, 3.8) is 0 Å². The van der Waals surface area contributed by atoms with E-state index in [-0.39, 0.29) is 23.2 Å². The van der Waals surface area contributed by atoms with Gasteiger partial charge in [0.25, 0.3) is 0 Å². The quantitative estimate of drug-likeness (QED) is 0.257. The van der Waals surface area contributed by atoms with Crippen molar-refractivity contribution in [3.05, 3.63) is 69.5 Å². The number of benzene rings is 1. The summed E-state index contributed by atoms with van der Waals surface area (Å²) in [5.74, 6) is 2.26. The Kier molecular flexibility index (Phi) is 7.89. The molecule has 3 unspecified atom stereocenters. The second-order valence-corrected chi connectivity index (χ2v) is 14.3. The third kappa shape index (κ3) is 5.59. The molecule has 0 N–H and O–H groups in total. The van der Waals surface area contributed by atoms with Gasteiger partial charge in [0.1, 0.15) is 17.7 Å². The minimum absolute atomic E-state index is 0.176. The maximum absolute atomic E-state index is 14.1. The van der Waals surface area contributed by atoms with E-state index in [4.69, 9.17) is 21.6 Å². The van der Waals surface area contributed by atoms with Gasteiger partial charge >= 0.3 is 0 Å². The van der Waals surface area contributed by atoms with Crippen LogP contribution >= 0.6 is 23.4 Å². The zero-order valence-corrected chi connectivity index (χ0v) is 25.3. The van der Waals surface area contributed by atoms with E-state index in [1.54, 1.807) is 13.0 Å². The molecule has 0 amide bonds. The van der Waals surface area contributed by atoms with E-state index in [2.05, 4.69) is 21.3 Å². The van der Waals surface area contributed by atoms with Gasteiger partial charge in [0.15, 0.2) is 0 Å². The number of hydrogen-bond donors (Lipinski definition) is 0. The van der Waals surface area contributed by atoms with Crippen LogP contribution in [-0.4, -0.2) is 64.5 Å². The Balaban J connectivity index is 1.19. The largest absolute Gasteiger partial charge is 0.332 e. The monoisotopic (exact) mass is 596 g/mol. The van der Waals surface area contributed by atoms with Crippen LogP contribution in [0.5, 0.6) is 0 Å². The fraction of sp³-hybridized carbons (Fsp3) is 0.576. The number of fused-ring (bicyclic) bond motifs is 2. The smallest absolute Gasteiger partial charge is 0.124 e. The summed E-state index contributed by atoms with van der Waals surface area (Å²) in [6, 6.07) is 4.95. The molecule has 4 nitrogen and oxygen atoms in total. The first kappa shape index (κ1) is 27.8. The Hall–Kier alpha value is -1.96. The van der Waals surface area contributed by atoms with Gasteiger partial charge in [-0.2, -0.15) is 0 Å². The highest BCUT2D eigenvalue weighted by atomic mass is 35.5. The summed E-state index contributed by atoms with van der Waals surface area (Å²) in [5.41, 5.74) is 4.00. The van der Waals surface area contributed by atoms with Crippen molar-refractivity contribution >= 4 is 34.9 Å². The van der Waals surface area contributed by atoms with Gasteiger partial charge in [-0.05, 0) is 87.4 Å². The van der Waals surface area contributed by atoms with Crippen LogP contribution in [0.4, 0.5) is 8.78 Å². The molecule has 0 spiro atoms. The maximum Gasteiger partial charge on any atom is 0.124 e. The molecular formula is C33H39ClF2N4S. The number of allylic oxidation sites excluding steroid dienone is 3. The average Bonchev–Trinajstić information content (AvgIpc) is 3.73. The SMILES string of the molecule is C[C@@H](F)CC1C=CC(C2=C3CC(CCCCN4CC5CC4C5)CN3C(C3CC=CS3)=N[C@H]2c2ccc(F)cc2Cl)=N1. The standard InChI is InChI=1S/C33H39ClF2N4S/c1-20(35)13-24-8-10-28(37-24)31-29-16-21(5-2-3-11-39-18-22-14-25(39)15-22)19-40(29)33(30-6-4-12-41-30)38-32(31)26-9-7-23(36)17-27(26)34/h4,7-10,12,17,20-22,24-25,30,32H,2-3,5-6,11,13-16,18-19H2,1H3/t20-,21?,22?,24?,25?,30?,32+/m1/s1. The van der Waals surface area contributed by atoms with Gasteiger partial charge in [0.2, 0.25) is 0 Å². The molecule has 6 aliphatic heterocycles. The normalized spacial score (nSPS) is 32.9. The van der Waals surface area contributed by atoms with Crippen molar-refractivity contribution in [2.24, 2.45) is 21.8 Å². The summed E-state index contributed by atoms with van der Waals surface area (Å²) in [6.07, 6.45) is 14.2. The van der Waals surface area contributed by atoms with Crippen LogP contribution in [0, 0.1) is 17.7 Å². The number of unbranched alkanes of at least 4 members (excludes halogenated alkanes) is 1. The average molecular weight is 597 g/mol. The molecule has 1 saturated carbocycles. The lowest BCUT2D eigenvalue weighted by Gasteiger charge is -2.35. The number of amidine groups is 1. The van der Waals surface area contributed by atoms with Gasteiger partial charge < -0.3 is 9.80 Å². The highest BCUT2D eigenvalue weighted by Crippen LogP contribution is 2.47. The van der Waals surface area contributed by atoms with Crippen LogP contribution in [0.15, 0.2) is 63.1 Å². The number of hydrogen-bond acceptors (Lipinski definition) is 5. The van der Waals surface area contributed by atoms with Crippen molar-refractivity contribution in [2.45, 2.75) is 87.8 Å². The van der Waals surface area contributed by atoms with E-state index < -0.39 is 6.17 Å². The fourth-order valence-corrected chi connectivity index (χ4v) is 8.92. The highest BCUT2D eigenvalue weighted by molar-refractivity contribution is 8.03. The predicted molar refractivity (Wildman–Crippen MR) is 166 cm³/mol. The Morgan fingerprint density at radius 2 is 2.05 bits per heavy atom. The molecule has 218 valence electrons. The summed E-state index contributed by atoms with van der Waals surface area (Å²) >= 11 is 8.51. The van der Waals surface area contributed by atoms with Gasteiger partial charge in [0, 0.05) is 47.4 Å². The van der Waals surface area contributed by atoms with E-state index >= 15 is 0 Å². The summed E-state index contributed by atoms with van der Waals surface area (Å²) in [5, 5.41) is 2.82. The molecule has 1 aromatic carbocycles. The zero-order chi connectivity index (χ0) is 28.1. The van der Waals surface area contributed by atoms with Crippen LogP contribution in [0.1, 0.15) is 69.9 Å². The molecule has 1 aliphatic carbocycles. The first-order chi connectivity index (χ1) is 19.9.